The van der Waals surface area contributed by atoms with Crippen molar-refractivity contribution < 1.29 is 17.9 Å². The Balaban J connectivity index is 1.60. The van der Waals surface area contributed by atoms with Crippen LogP contribution < -0.4 is 10.9 Å². The number of anilines is 1. The van der Waals surface area contributed by atoms with E-state index in [1.54, 1.807) is 12.3 Å². The fourth-order valence-corrected chi connectivity index (χ4v) is 5.17. The van der Waals surface area contributed by atoms with Crippen LogP contribution >= 0.6 is 0 Å². The minimum atomic E-state index is -3.20. The zero-order chi connectivity index (χ0) is 21.5. The third kappa shape index (κ3) is 4.33. The van der Waals surface area contributed by atoms with Crippen molar-refractivity contribution in [2.24, 2.45) is 0 Å². The number of alkyl halides is 1. The van der Waals surface area contributed by atoms with Crippen molar-refractivity contribution in [3.63, 3.8) is 0 Å². The van der Waals surface area contributed by atoms with Gasteiger partial charge < -0.3 is 10.4 Å². The Bertz CT molecular complexity index is 1080. The number of rotatable bonds is 4. The summed E-state index contributed by atoms with van der Waals surface area (Å²) in [6.45, 7) is 0.830. The van der Waals surface area contributed by atoms with E-state index in [0.29, 0.717) is 49.3 Å². The number of pyridine rings is 1. The van der Waals surface area contributed by atoms with Crippen molar-refractivity contribution in [3.05, 3.63) is 28.7 Å². The number of sulfonamides is 1. The summed E-state index contributed by atoms with van der Waals surface area (Å²) in [5.74, 6) is 0.312. The second kappa shape index (κ2) is 8.20. The van der Waals surface area contributed by atoms with Gasteiger partial charge in [0.15, 0.2) is 0 Å². The molecule has 11 heteroatoms. The van der Waals surface area contributed by atoms with E-state index < -0.39 is 28.3 Å². The molecule has 0 unspecified atom stereocenters. The summed E-state index contributed by atoms with van der Waals surface area (Å²) < 4.78 is 40.8. The molecule has 1 saturated heterocycles. The Hall–Kier alpha value is -2.11. The maximum Gasteiger partial charge on any atom is 0.252 e. The highest BCUT2D eigenvalue weighted by Gasteiger charge is 2.33. The molecule has 9 nitrogen and oxygen atoms in total. The van der Waals surface area contributed by atoms with Gasteiger partial charge >= 0.3 is 0 Å². The Morgan fingerprint density at radius 1 is 1.20 bits per heavy atom. The van der Waals surface area contributed by atoms with Crippen molar-refractivity contribution in [1.29, 1.82) is 0 Å². The molecule has 2 aromatic heterocycles. The molecule has 1 aliphatic carbocycles. The maximum absolute atomic E-state index is 14.6. The quantitative estimate of drug-likeness (QED) is 0.731. The molecule has 30 heavy (non-hydrogen) atoms. The van der Waals surface area contributed by atoms with E-state index in [1.807, 2.05) is 0 Å². The fraction of sp³-hybridized carbons (Fsp3) is 0.632. The van der Waals surface area contributed by atoms with E-state index in [-0.39, 0.29) is 24.4 Å². The van der Waals surface area contributed by atoms with Gasteiger partial charge in [-0.05, 0) is 38.2 Å². The minimum absolute atomic E-state index is 0.00485. The summed E-state index contributed by atoms with van der Waals surface area (Å²) in [6, 6.07) is 2.20. The second-order valence-corrected chi connectivity index (χ2v) is 10.1. The second-order valence-electron chi connectivity index (χ2n) is 8.14. The Kier molecular flexibility index (Phi) is 5.78. The number of nitrogens with zero attached hydrogens (tertiary/aromatic N) is 4. The first-order chi connectivity index (χ1) is 14.2. The third-order valence-corrected chi connectivity index (χ3v) is 7.26. The molecule has 1 saturated carbocycles. The van der Waals surface area contributed by atoms with Crippen LogP contribution in [0.3, 0.4) is 0 Å². The van der Waals surface area contributed by atoms with Crippen molar-refractivity contribution >= 4 is 27.0 Å². The van der Waals surface area contributed by atoms with Crippen molar-refractivity contribution in [1.82, 2.24) is 18.8 Å². The predicted octanol–water partition coefficient (Wildman–Crippen LogP) is 1.05. The molecule has 3 heterocycles. The van der Waals surface area contributed by atoms with E-state index >= 15 is 0 Å². The molecule has 2 aliphatic rings. The molecule has 0 bridgehead atoms. The van der Waals surface area contributed by atoms with Crippen LogP contribution in [0.2, 0.25) is 0 Å². The van der Waals surface area contributed by atoms with Crippen molar-refractivity contribution in [2.45, 2.75) is 56.5 Å². The molecule has 4 rings (SSSR count). The number of halogens is 1. The molecule has 0 amide bonds. The number of aliphatic hydroxyl groups is 1. The van der Waals surface area contributed by atoms with E-state index in [0.717, 1.165) is 0 Å². The average molecular weight is 440 g/mol. The summed E-state index contributed by atoms with van der Waals surface area (Å²) in [6.07, 6.45) is 2.86. The molecule has 0 spiro atoms. The van der Waals surface area contributed by atoms with Crippen molar-refractivity contribution in [3.8, 4) is 0 Å². The van der Waals surface area contributed by atoms with Crippen molar-refractivity contribution in [2.75, 3.05) is 24.7 Å². The first kappa shape index (κ1) is 21.1. The number of hydrogen-bond donors (Lipinski definition) is 2. The number of aliphatic hydroxyl groups excluding tert-OH is 1. The molecule has 0 aromatic carbocycles. The highest BCUT2D eigenvalue weighted by Crippen LogP contribution is 2.32. The summed E-state index contributed by atoms with van der Waals surface area (Å²) in [4.78, 5) is 21.4. The normalized spacial score (nSPS) is 26.7. The lowest BCUT2D eigenvalue weighted by atomic mass is 9.91. The van der Waals surface area contributed by atoms with Gasteiger partial charge in [0.25, 0.3) is 5.56 Å². The number of fused-ring (bicyclic) bond motifs is 1. The highest BCUT2D eigenvalue weighted by atomic mass is 32.2. The highest BCUT2D eigenvalue weighted by molar-refractivity contribution is 7.88. The largest absolute Gasteiger partial charge is 0.393 e. The fourth-order valence-electron chi connectivity index (χ4n) is 4.30. The number of piperidine rings is 1. The minimum Gasteiger partial charge on any atom is -0.393 e. The van der Waals surface area contributed by atoms with Gasteiger partial charge in [0.2, 0.25) is 16.0 Å². The SMILES string of the molecule is CS(=O)(=O)N1CCC(Nc2ncc3ccc(=O)n([C@@H]4C[C@@H](O)CC[C@H]4F)c3n2)CC1. The molecular weight excluding hydrogens is 413 g/mol. The van der Waals surface area contributed by atoms with Crippen LogP contribution in [-0.2, 0) is 10.0 Å². The predicted molar refractivity (Wildman–Crippen MR) is 111 cm³/mol. The van der Waals surface area contributed by atoms with Gasteiger partial charge in [-0.2, -0.15) is 4.98 Å². The molecule has 1 aliphatic heterocycles. The molecule has 2 fully saturated rings. The van der Waals surface area contributed by atoms with E-state index in [2.05, 4.69) is 15.3 Å². The zero-order valence-corrected chi connectivity index (χ0v) is 17.6. The van der Waals surface area contributed by atoms with Crippen LogP contribution in [0, 0.1) is 0 Å². The van der Waals surface area contributed by atoms with Crippen LogP contribution in [0.5, 0.6) is 0 Å². The van der Waals surface area contributed by atoms with Crippen LogP contribution in [-0.4, -0.2) is 70.0 Å². The van der Waals surface area contributed by atoms with Crippen LogP contribution in [0.4, 0.5) is 10.3 Å². The number of hydrogen-bond acceptors (Lipinski definition) is 7. The zero-order valence-electron chi connectivity index (χ0n) is 16.7. The first-order valence-corrected chi connectivity index (χ1v) is 12.0. The Morgan fingerprint density at radius 3 is 2.63 bits per heavy atom. The van der Waals surface area contributed by atoms with Gasteiger partial charge in [0.1, 0.15) is 11.8 Å². The Labute approximate surface area is 174 Å². The lowest BCUT2D eigenvalue weighted by Gasteiger charge is -2.32. The van der Waals surface area contributed by atoms with E-state index in [1.165, 1.54) is 21.2 Å². The topological polar surface area (TPSA) is 117 Å². The monoisotopic (exact) mass is 439 g/mol. The maximum atomic E-state index is 14.6. The lowest BCUT2D eigenvalue weighted by Crippen LogP contribution is -2.42. The van der Waals surface area contributed by atoms with Gasteiger partial charge in [0.05, 0.1) is 18.4 Å². The van der Waals surface area contributed by atoms with Gasteiger partial charge in [-0.1, -0.05) is 0 Å². The number of nitrogens with one attached hydrogen (secondary N) is 1. The molecule has 2 aromatic rings. The van der Waals surface area contributed by atoms with Crippen LogP contribution in [0.1, 0.15) is 38.1 Å². The standard InChI is InChI=1S/C19H26FN5O4S/c1-30(28,29)24-8-6-13(7-9-24)22-19-21-11-12-2-5-17(27)25(18(12)23-19)16-10-14(26)3-4-15(16)20/h2,5,11,13-16,26H,3-4,6-10H2,1H3,(H,21,22,23)/t14-,15+,16+/m0/s1. The summed E-state index contributed by atoms with van der Waals surface area (Å²) >= 11 is 0. The third-order valence-electron chi connectivity index (χ3n) is 5.96. The lowest BCUT2D eigenvalue weighted by molar-refractivity contribution is 0.0555. The summed E-state index contributed by atoms with van der Waals surface area (Å²) in [7, 11) is -3.20. The first-order valence-electron chi connectivity index (χ1n) is 10.1. The van der Waals surface area contributed by atoms with Crippen LogP contribution in [0.25, 0.3) is 11.0 Å². The van der Waals surface area contributed by atoms with Gasteiger partial charge in [-0.25, -0.2) is 22.1 Å². The van der Waals surface area contributed by atoms with Gasteiger partial charge in [-0.3, -0.25) is 9.36 Å². The molecule has 3 atom stereocenters. The summed E-state index contributed by atoms with van der Waals surface area (Å²) in [5.41, 5.74) is -0.0364. The van der Waals surface area contributed by atoms with E-state index in [9.17, 15) is 22.7 Å². The molecular formula is C19H26FN5O4S. The number of aromatic nitrogens is 3. The van der Waals surface area contributed by atoms with Crippen LogP contribution in [0.15, 0.2) is 23.1 Å². The smallest absolute Gasteiger partial charge is 0.252 e. The molecule has 2 N–H and O–H groups in total. The Morgan fingerprint density at radius 2 is 1.93 bits per heavy atom. The van der Waals surface area contributed by atoms with Gasteiger partial charge in [0, 0.05) is 36.8 Å². The molecule has 164 valence electrons. The molecule has 0 radical (unpaired) electrons. The average Bonchev–Trinajstić information content (AvgIpc) is 2.70. The van der Waals surface area contributed by atoms with Gasteiger partial charge in [-0.15, -0.1) is 0 Å². The van der Waals surface area contributed by atoms with E-state index in [4.69, 9.17) is 0 Å². The summed E-state index contributed by atoms with van der Waals surface area (Å²) in [5, 5.41) is 13.8.